The first-order valence-corrected chi connectivity index (χ1v) is 12.9. The smallest absolute Gasteiger partial charge is 0.243 e. The van der Waals surface area contributed by atoms with Crippen LogP contribution in [0.1, 0.15) is 43.7 Å². The molecule has 7 nitrogen and oxygen atoms in total. The first-order chi connectivity index (χ1) is 15.8. The molecule has 1 fully saturated rings. The minimum atomic E-state index is -3.58. The number of sulfonamides is 1. The standard InChI is InChI=1S/C25H33N3O4S/c1-19(2)21-8-10-23(11-9-21)33(31,32)28-16-13-22(14-17-28)25(30)27-18-24(29)26-15-12-20-6-4-3-5-7-20/h3-11,19,22H,12-18H2,1-2H3,(H,26,29)(H,27,30). The number of piperidine rings is 1. The zero-order valence-electron chi connectivity index (χ0n) is 19.3. The molecule has 0 unspecified atom stereocenters. The predicted octanol–water partition coefficient (Wildman–Crippen LogP) is 2.69. The van der Waals surface area contributed by atoms with E-state index in [0.29, 0.717) is 25.3 Å². The van der Waals surface area contributed by atoms with Gasteiger partial charge < -0.3 is 10.6 Å². The highest BCUT2D eigenvalue weighted by Gasteiger charge is 2.32. The molecule has 1 aliphatic heterocycles. The molecule has 1 heterocycles. The van der Waals surface area contributed by atoms with Gasteiger partial charge in [-0.2, -0.15) is 4.31 Å². The lowest BCUT2D eigenvalue weighted by Crippen LogP contribution is -2.45. The summed E-state index contributed by atoms with van der Waals surface area (Å²) < 4.78 is 27.3. The highest BCUT2D eigenvalue weighted by atomic mass is 32.2. The fourth-order valence-corrected chi connectivity index (χ4v) is 5.37. The van der Waals surface area contributed by atoms with Crippen LogP contribution in [0.4, 0.5) is 0 Å². The maximum atomic E-state index is 12.9. The minimum absolute atomic E-state index is 0.0751. The van der Waals surface area contributed by atoms with E-state index >= 15 is 0 Å². The largest absolute Gasteiger partial charge is 0.354 e. The van der Waals surface area contributed by atoms with Gasteiger partial charge in [0.15, 0.2) is 0 Å². The number of hydrogen-bond acceptors (Lipinski definition) is 4. The summed E-state index contributed by atoms with van der Waals surface area (Å²) in [5.74, 6) is -0.394. The van der Waals surface area contributed by atoms with Crippen molar-refractivity contribution in [1.82, 2.24) is 14.9 Å². The molecule has 0 radical (unpaired) electrons. The van der Waals surface area contributed by atoms with Crippen LogP contribution in [0.25, 0.3) is 0 Å². The molecule has 0 bridgehead atoms. The first-order valence-electron chi connectivity index (χ1n) is 11.5. The molecular formula is C25H33N3O4S. The summed E-state index contributed by atoms with van der Waals surface area (Å²) in [6.07, 6.45) is 1.60. The van der Waals surface area contributed by atoms with E-state index in [4.69, 9.17) is 0 Å². The van der Waals surface area contributed by atoms with Crippen molar-refractivity contribution in [1.29, 1.82) is 0 Å². The van der Waals surface area contributed by atoms with Gasteiger partial charge in [0.05, 0.1) is 11.4 Å². The van der Waals surface area contributed by atoms with E-state index in [1.165, 1.54) is 4.31 Å². The van der Waals surface area contributed by atoms with Crippen molar-refractivity contribution >= 4 is 21.8 Å². The molecule has 2 amide bonds. The van der Waals surface area contributed by atoms with Gasteiger partial charge >= 0.3 is 0 Å². The SMILES string of the molecule is CC(C)c1ccc(S(=O)(=O)N2CCC(C(=O)NCC(=O)NCCc3ccccc3)CC2)cc1. The normalized spacial score (nSPS) is 15.4. The van der Waals surface area contributed by atoms with Crippen molar-refractivity contribution in [2.24, 2.45) is 5.92 Å². The van der Waals surface area contributed by atoms with E-state index in [2.05, 4.69) is 24.5 Å². The lowest BCUT2D eigenvalue weighted by atomic mass is 9.97. The van der Waals surface area contributed by atoms with Crippen LogP contribution in [0.2, 0.25) is 0 Å². The number of amides is 2. The molecule has 0 atom stereocenters. The molecule has 2 aromatic rings. The Morgan fingerprint density at radius 3 is 2.21 bits per heavy atom. The minimum Gasteiger partial charge on any atom is -0.354 e. The number of benzene rings is 2. The second kappa shape index (κ2) is 11.4. The number of carbonyl (C=O) groups excluding carboxylic acids is 2. The predicted molar refractivity (Wildman–Crippen MR) is 128 cm³/mol. The molecule has 2 N–H and O–H groups in total. The molecule has 33 heavy (non-hydrogen) atoms. The van der Waals surface area contributed by atoms with Crippen LogP contribution in [0.15, 0.2) is 59.5 Å². The Hall–Kier alpha value is -2.71. The Kier molecular flexibility index (Phi) is 8.63. The third-order valence-corrected chi connectivity index (χ3v) is 7.92. The van der Waals surface area contributed by atoms with E-state index in [0.717, 1.165) is 17.5 Å². The number of nitrogens with zero attached hydrogens (tertiary/aromatic N) is 1. The second-order valence-electron chi connectivity index (χ2n) is 8.71. The van der Waals surface area contributed by atoms with Crippen molar-refractivity contribution in [3.63, 3.8) is 0 Å². The van der Waals surface area contributed by atoms with Gasteiger partial charge in [-0.3, -0.25) is 9.59 Å². The number of nitrogens with one attached hydrogen (secondary N) is 2. The van der Waals surface area contributed by atoms with Gasteiger partial charge in [-0.25, -0.2) is 8.42 Å². The van der Waals surface area contributed by atoms with Crippen LogP contribution >= 0.6 is 0 Å². The van der Waals surface area contributed by atoms with E-state index in [1.54, 1.807) is 12.1 Å². The van der Waals surface area contributed by atoms with Gasteiger partial charge in [-0.05, 0) is 48.4 Å². The van der Waals surface area contributed by atoms with Gasteiger partial charge in [-0.15, -0.1) is 0 Å². The van der Waals surface area contributed by atoms with Crippen LogP contribution in [0.3, 0.4) is 0 Å². The van der Waals surface area contributed by atoms with Crippen LogP contribution in [-0.4, -0.2) is 50.7 Å². The lowest BCUT2D eigenvalue weighted by molar-refractivity contribution is -0.129. The van der Waals surface area contributed by atoms with Gasteiger partial charge in [0, 0.05) is 25.6 Å². The molecular weight excluding hydrogens is 438 g/mol. The Labute approximate surface area is 196 Å². The maximum Gasteiger partial charge on any atom is 0.243 e. The van der Waals surface area contributed by atoms with Crippen molar-refractivity contribution < 1.29 is 18.0 Å². The Balaban J connectivity index is 1.41. The monoisotopic (exact) mass is 471 g/mol. The number of hydrogen-bond donors (Lipinski definition) is 2. The van der Waals surface area contributed by atoms with E-state index in [9.17, 15) is 18.0 Å². The molecule has 8 heteroatoms. The summed E-state index contributed by atoms with van der Waals surface area (Å²) in [6.45, 7) is 5.13. The molecule has 0 saturated carbocycles. The Morgan fingerprint density at radius 2 is 1.61 bits per heavy atom. The average molecular weight is 472 g/mol. The number of carbonyl (C=O) groups is 2. The molecule has 1 saturated heterocycles. The first kappa shape index (κ1) is 24.9. The Bertz CT molecular complexity index is 1030. The summed E-state index contributed by atoms with van der Waals surface area (Å²) in [7, 11) is -3.58. The van der Waals surface area contributed by atoms with E-state index in [-0.39, 0.29) is 42.3 Å². The lowest BCUT2D eigenvalue weighted by Gasteiger charge is -2.30. The van der Waals surface area contributed by atoms with Gasteiger partial charge in [0.2, 0.25) is 21.8 Å². The van der Waals surface area contributed by atoms with Crippen molar-refractivity contribution in [3.8, 4) is 0 Å². The quantitative estimate of drug-likeness (QED) is 0.588. The highest BCUT2D eigenvalue weighted by molar-refractivity contribution is 7.89. The molecule has 2 aromatic carbocycles. The van der Waals surface area contributed by atoms with Crippen LogP contribution in [0.5, 0.6) is 0 Å². The molecule has 0 spiro atoms. The van der Waals surface area contributed by atoms with Gasteiger partial charge in [0.1, 0.15) is 0 Å². The summed E-state index contributed by atoms with van der Waals surface area (Å²) in [5.41, 5.74) is 2.23. The zero-order chi connectivity index (χ0) is 23.8. The highest BCUT2D eigenvalue weighted by Crippen LogP contribution is 2.25. The summed E-state index contributed by atoms with van der Waals surface area (Å²) in [4.78, 5) is 24.8. The molecule has 0 aromatic heterocycles. The van der Waals surface area contributed by atoms with Gasteiger partial charge in [-0.1, -0.05) is 56.3 Å². The fraction of sp³-hybridized carbons (Fsp3) is 0.440. The zero-order valence-corrected chi connectivity index (χ0v) is 20.1. The maximum absolute atomic E-state index is 12.9. The van der Waals surface area contributed by atoms with Crippen LogP contribution in [-0.2, 0) is 26.0 Å². The average Bonchev–Trinajstić information content (AvgIpc) is 2.83. The fourth-order valence-electron chi connectivity index (χ4n) is 3.90. The molecule has 0 aliphatic carbocycles. The molecule has 1 aliphatic rings. The van der Waals surface area contributed by atoms with Crippen molar-refractivity contribution in [2.75, 3.05) is 26.2 Å². The number of rotatable bonds is 9. The third-order valence-electron chi connectivity index (χ3n) is 6.01. The third kappa shape index (κ3) is 6.88. The van der Waals surface area contributed by atoms with Crippen LogP contribution < -0.4 is 10.6 Å². The van der Waals surface area contributed by atoms with Crippen molar-refractivity contribution in [3.05, 3.63) is 65.7 Å². The topological polar surface area (TPSA) is 95.6 Å². The van der Waals surface area contributed by atoms with E-state index in [1.807, 2.05) is 42.5 Å². The van der Waals surface area contributed by atoms with Crippen molar-refractivity contribution in [2.45, 2.75) is 43.9 Å². The van der Waals surface area contributed by atoms with E-state index < -0.39 is 10.0 Å². The second-order valence-corrected chi connectivity index (χ2v) is 10.6. The summed E-state index contributed by atoms with van der Waals surface area (Å²) in [6, 6.07) is 16.9. The molecule has 178 valence electrons. The summed E-state index contributed by atoms with van der Waals surface area (Å²) >= 11 is 0. The Morgan fingerprint density at radius 1 is 0.970 bits per heavy atom. The van der Waals surface area contributed by atoms with Crippen LogP contribution in [0, 0.1) is 5.92 Å². The summed E-state index contributed by atoms with van der Waals surface area (Å²) in [5, 5.41) is 5.49. The van der Waals surface area contributed by atoms with Gasteiger partial charge in [0.25, 0.3) is 0 Å². The molecule has 3 rings (SSSR count).